The number of aromatic amines is 1. The van der Waals surface area contributed by atoms with Crippen molar-refractivity contribution in [2.45, 2.75) is 19.5 Å². The topological polar surface area (TPSA) is 120 Å². The second-order valence-electron chi connectivity index (χ2n) is 10.4. The highest BCUT2D eigenvalue weighted by molar-refractivity contribution is 7.18. The maximum absolute atomic E-state index is 15.8. The SMILES string of the molecule is C=CC(=O)N[C@H](C)c1cc(-c2nc(-c3ccc4c(c3)C(=O)N(C)C4)c3ccsc3c2-c2c(F)cc(F)cc2OCCO)n[nH]1. The number of carbonyl (C=O) groups is 2. The average Bonchev–Trinajstić information content (AvgIpc) is 3.75. The Morgan fingerprint density at radius 3 is 2.82 bits per heavy atom. The molecule has 6 rings (SSSR count). The smallest absolute Gasteiger partial charge is 0.254 e. The number of aliphatic hydroxyl groups excluding tert-OH is 1. The summed E-state index contributed by atoms with van der Waals surface area (Å²) in [6, 6.07) is 10.5. The number of amides is 2. The molecule has 0 spiro atoms. The molecular weight excluding hydrogens is 588 g/mol. The van der Waals surface area contributed by atoms with E-state index in [1.165, 1.54) is 11.3 Å². The summed E-state index contributed by atoms with van der Waals surface area (Å²) in [5.41, 5.74) is 4.16. The maximum atomic E-state index is 15.8. The van der Waals surface area contributed by atoms with Crippen molar-refractivity contribution in [3.8, 4) is 39.5 Å². The van der Waals surface area contributed by atoms with Crippen LogP contribution >= 0.6 is 11.3 Å². The van der Waals surface area contributed by atoms with Crippen LogP contribution in [-0.4, -0.2) is 57.3 Å². The third-order valence-electron chi connectivity index (χ3n) is 7.44. The van der Waals surface area contributed by atoms with Gasteiger partial charge in [-0.05, 0) is 42.1 Å². The third-order valence-corrected chi connectivity index (χ3v) is 8.38. The molecule has 3 N–H and O–H groups in total. The predicted molar refractivity (Wildman–Crippen MR) is 163 cm³/mol. The molecule has 4 heterocycles. The third kappa shape index (κ3) is 5.12. The van der Waals surface area contributed by atoms with Gasteiger partial charge in [-0.3, -0.25) is 14.7 Å². The molecule has 0 radical (unpaired) electrons. The number of thiophene rings is 1. The Hall–Kier alpha value is -4.94. The van der Waals surface area contributed by atoms with Gasteiger partial charge in [0.2, 0.25) is 5.91 Å². The minimum atomic E-state index is -0.878. The second-order valence-corrected chi connectivity index (χ2v) is 11.3. The largest absolute Gasteiger partial charge is 0.490 e. The van der Waals surface area contributed by atoms with Gasteiger partial charge in [0.05, 0.1) is 29.6 Å². The van der Waals surface area contributed by atoms with Crippen molar-refractivity contribution in [1.29, 1.82) is 0 Å². The van der Waals surface area contributed by atoms with Crippen LogP contribution < -0.4 is 10.1 Å². The van der Waals surface area contributed by atoms with Gasteiger partial charge < -0.3 is 20.1 Å². The van der Waals surface area contributed by atoms with E-state index >= 15 is 4.39 Å². The minimum Gasteiger partial charge on any atom is -0.490 e. The fourth-order valence-electron chi connectivity index (χ4n) is 5.35. The van der Waals surface area contributed by atoms with Gasteiger partial charge in [-0.25, -0.2) is 13.8 Å². The number of ether oxygens (including phenoxy) is 1. The Morgan fingerprint density at radius 1 is 1.23 bits per heavy atom. The summed E-state index contributed by atoms with van der Waals surface area (Å²) in [6.07, 6.45) is 1.16. The summed E-state index contributed by atoms with van der Waals surface area (Å²) < 4.78 is 36.5. The van der Waals surface area contributed by atoms with Crippen molar-refractivity contribution >= 4 is 33.2 Å². The molecule has 44 heavy (non-hydrogen) atoms. The number of rotatable bonds is 9. The van der Waals surface area contributed by atoms with Crippen LogP contribution in [0.4, 0.5) is 8.78 Å². The van der Waals surface area contributed by atoms with Crippen LogP contribution in [0.3, 0.4) is 0 Å². The number of fused-ring (bicyclic) bond motifs is 2. The number of benzene rings is 2. The number of halogens is 2. The average molecular weight is 616 g/mol. The number of nitrogens with one attached hydrogen (secondary N) is 2. The Bertz CT molecular complexity index is 1950. The van der Waals surface area contributed by atoms with Crippen LogP contribution in [0.1, 0.15) is 34.6 Å². The van der Waals surface area contributed by atoms with E-state index in [0.29, 0.717) is 50.4 Å². The van der Waals surface area contributed by atoms with Crippen LogP contribution in [0.15, 0.2) is 60.5 Å². The van der Waals surface area contributed by atoms with E-state index in [1.54, 1.807) is 31.0 Å². The van der Waals surface area contributed by atoms with Crippen molar-refractivity contribution < 1.29 is 28.2 Å². The maximum Gasteiger partial charge on any atom is 0.254 e. The number of aromatic nitrogens is 3. The van der Waals surface area contributed by atoms with E-state index < -0.39 is 17.7 Å². The van der Waals surface area contributed by atoms with Crippen molar-refractivity contribution in [3.05, 3.63) is 89.0 Å². The fourth-order valence-corrected chi connectivity index (χ4v) is 6.30. The molecule has 0 saturated heterocycles. The lowest BCUT2D eigenvalue weighted by Gasteiger charge is -2.17. The van der Waals surface area contributed by atoms with Crippen molar-refractivity contribution in [3.63, 3.8) is 0 Å². The van der Waals surface area contributed by atoms with E-state index in [4.69, 9.17) is 9.72 Å². The first-order valence-electron chi connectivity index (χ1n) is 13.7. The standard InChI is InChI=1S/C32H27F2N5O4S/c1-4-26(41)35-16(2)23-14-24(38-37-23)30-28(27-22(34)12-19(33)13-25(27)43-9-8-40)31-20(7-10-44-31)29(36-30)17-5-6-18-15-39(3)32(42)21(18)11-17/h4-7,10-14,16,40H,1,8-9,15H2,2-3H3,(H,35,41)(H,37,38)/t16-/m1/s1. The molecule has 0 saturated carbocycles. The van der Waals surface area contributed by atoms with Gasteiger partial charge in [0, 0.05) is 52.5 Å². The zero-order chi connectivity index (χ0) is 31.1. The van der Waals surface area contributed by atoms with Crippen LogP contribution in [0.25, 0.3) is 43.9 Å². The zero-order valence-corrected chi connectivity index (χ0v) is 24.6. The molecule has 0 fully saturated rings. The summed E-state index contributed by atoms with van der Waals surface area (Å²) >= 11 is 1.34. The highest BCUT2D eigenvalue weighted by Gasteiger charge is 2.29. The molecule has 9 nitrogen and oxygen atoms in total. The van der Waals surface area contributed by atoms with Crippen molar-refractivity contribution in [2.75, 3.05) is 20.3 Å². The normalized spacial score (nSPS) is 13.3. The van der Waals surface area contributed by atoms with Gasteiger partial charge in [0.15, 0.2) is 0 Å². The highest BCUT2D eigenvalue weighted by atomic mass is 32.1. The van der Waals surface area contributed by atoms with Crippen molar-refractivity contribution in [2.24, 2.45) is 0 Å². The lowest BCUT2D eigenvalue weighted by atomic mass is 9.95. The summed E-state index contributed by atoms with van der Waals surface area (Å²) in [5.74, 6) is -2.28. The fraction of sp³-hybridized carbons (Fsp3) is 0.188. The quantitative estimate of drug-likeness (QED) is 0.185. The van der Waals surface area contributed by atoms with Gasteiger partial charge in [-0.15, -0.1) is 11.3 Å². The first kappa shape index (κ1) is 29.1. The van der Waals surface area contributed by atoms with E-state index in [-0.39, 0.29) is 42.0 Å². The molecule has 5 aromatic rings. The van der Waals surface area contributed by atoms with Crippen LogP contribution in [0, 0.1) is 11.6 Å². The van der Waals surface area contributed by atoms with Crippen LogP contribution in [0.5, 0.6) is 5.75 Å². The minimum absolute atomic E-state index is 0.0373. The molecule has 0 bridgehead atoms. The molecule has 0 unspecified atom stereocenters. The summed E-state index contributed by atoms with van der Waals surface area (Å²) in [6.45, 7) is 5.21. The number of hydrogen-bond donors (Lipinski definition) is 3. The molecule has 1 aliphatic heterocycles. The highest BCUT2D eigenvalue weighted by Crippen LogP contribution is 2.47. The molecule has 2 amide bonds. The van der Waals surface area contributed by atoms with Crippen LogP contribution in [-0.2, 0) is 11.3 Å². The van der Waals surface area contributed by atoms with Gasteiger partial charge in [0.25, 0.3) is 5.91 Å². The summed E-state index contributed by atoms with van der Waals surface area (Å²) in [7, 11) is 1.74. The Kier molecular flexibility index (Phi) is 7.70. The Balaban J connectivity index is 1.62. The molecule has 2 aromatic carbocycles. The number of pyridine rings is 1. The number of H-pyrrole nitrogens is 1. The zero-order valence-electron chi connectivity index (χ0n) is 23.8. The number of aliphatic hydroxyl groups is 1. The number of nitrogens with zero attached hydrogens (tertiary/aromatic N) is 3. The van der Waals surface area contributed by atoms with E-state index in [2.05, 4.69) is 22.1 Å². The summed E-state index contributed by atoms with van der Waals surface area (Å²) in [4.78, 5) is 31.4. The van der Waals surface area contributed by atoms with Crippen molar-refractivity contribution in [1.82, 2.24) is 25.4 Å². The monoisotopic (exact) mass is 615 g/mol. The van der Waals surface area contributed by atoms with Gasteiger partial charge in [0.1, 0.15) is 35.4 Å². The summed E-state index contributed by atoms with van der Waals surface area (Å²) in [5, 5.41) is 22.1. The van der Waals surface area contributed by atoms with E-state index in [9.17, 15) is 19.1 Å². The first-order chi connectivity index (χ1) is 21.2. The second kappa shape index (κ2) is 11.6. The molecule has 224 valence electrons. The van der Waals surface area contributed by atoms with Gasteiger partial charge in [-0.2, -0.15) is 5.10 Å². The number of carbonyl (C=O) groups excluding carboxylic acids is 2. The lowest BCUT2D eigenvalue weighted by molar-refractivity contribution is -0.117. The molecular formula is C32H27F2N5O4S. The lowest BCUT2D eigenvalue weighted by Crippen LogP contribution is -2.24. The first-order valence-corrected chi connectivity index (χ1v) is 14.6. The Labute approximate surface area is 254 Å². The predicted octanol–water partition coefficient (Wildman–Crippen LogP) is 5.62. The molecule has 3 aromatic heterocycles. The Morgan fingerprint density at radius 2 is 2.05 bits per heavy atom. The molecule has 1 atom stereocenters. The van der Waals surface area contributed by atoms with E-state index in [0.717, 1.165) is 23.8 Å². The van der Waals surface area contributed by atoms with Crippen LogP contribution in [0.2, 0.25) is 0 Å². The molecule has 1 aliphatic rings. The van der Waals surface area contributed by atoms with Gasteiger partial charge >= 0.3 is 0 Å². The molecule has 0 aliphatic carbocycles. The number of hydrogen-bond acceptors (Lipinski definition) is 7. The van der Waals surface area contributed by atoms with E-state index in [1.807, 2.05) is 23.6 Å². The van der Waals surface area contributed by atoms with Gasteiger partial charge in [-0.1, -0.05) is 18.7 Å². The molecule has 12 heteroatoms.